The number of rotatable bonds is 12. The van der Waals surface area contributed by atoms with Crippen LogP contribution in [0.3, 0.4) is 0 Å². The number of aliphatic hydroxyl groups is 1. The van der Waals surface area contributed by atoms with E-state index in [2.05, 4.69) is 70.6 Å². The number of aromatic nitrogens is 2. The maximum Gasteiger partial charge on any atom is 0.253 e. The van der Waals surface area contributed by atoms with Gasteiger partial charge in [-0.2, -0.15) is 0 Å². The molecule has 246 valence electrons. The van der Waals surface area contributed by atoms with E-state index in [9.17, 15) is 9.90 Å². The highest BCUT2D eigenvalue weighted by Crippen LogP contribution is 2.42. The van der Waals surface area contributed by atoms with E-state index in [1.165, 1.54) is 0 Å². The van der Waals surface area contributed by atoms with Crippen molar-refractivity contribution in [3.8, 4) is 11.1 Å². The molecule has 0 aliphatic carbocycles. The van der Waals surface area contributed by atoms with Gasteiger partial charge in [0, 0.05) is 61.8 Å². The van der Waals surface area contributed by atoms with Crippen LogP contribution in [0, 0.1) is 5.92 Å². The molecule has 3 aromatic carbocycles. The minimum Gasteiger partial charge on any atom is -0.392 e. The largest absolute Gasteiger partial charge is 0.392 e. The van der Waals surface area contributed by atoms with Crippen molar-refractivity contribution in [3.05, 3.63) is 155 Å². The monoisotopic (exact) mass is 642 g/mol. The lowest BCUT2D eigenvalue weighted by atomic mass is 9.90. The minimum atomic E-state index is -0.555. The van der Waals surface area contributed by atoms with Crippen LogP contribution in [0.5, 0.6) is 0 Å². The lowest BCUT2D eigenvalue weighted by Gasteiger charge is -2.42. The first-order chi connectivity index (χ1) is 23.5. The summed E-state index contributed by atoms with van der Waals surface area (Å²) in [6.07, 6.45) is 5.09. The maximum absolute atomic E-state index is 12.7. The van der Waals surface area contributed by atoms with E-state index in [-0.39, 0.29) is 30.6 Å². The van der Waals surface area contributed by atoms with E-state index in [0.717, 1.165) is 58.6 Å². The molecule has 1 aliphatic rings. The second-order valence-corrected chi connectivity index (χ2v) is 12.4. The van der Waals surface area contributed by atoms with Gasteiger partial charge in [0.2, 0.25) is 0 Å². The number of benzene rings is 3. The normalized spacial score (nSPS) is 19.2. The van der Waals surface area contributed by atoms with Gasteiger partial charge in [0.15, 0.2) is 6.29 Å². The molecule has 8 nitrogen and oxygen atoms in total. The molecular weight excluding hydrogens is 600 g/mol. The summed E-state index contributed by atoms with van der Waals surface area (Å²) in [5.41, 5.74) is 7.57. The van der Waals surface area contributed by atoms with E-state index >= 15 is 0 Å². The van der Waals surface area contributed by atoms with E-state index < -0.39 is 6.29 Å². The molecule has 6 rings (SSSR count). The number of hydrogen-bond acceptors (Lipinski definition) is 7. The number of amides is 1. The zero-order valence-corrected chi connectivity index (χ0v) is 27.4. The van der Waals surface area contributed by atoms with Crippen LogP contribution in [0.1, 0.15) is 57.6 Å². The molecule has 1 aliphatic heterocycles. The molecule has 8 heteroatoms. The first-order valence-corrected chi connectivity index (χ1v) is 16.4. The molecular formula is C40H42N4O4. The molecule has 0 radical (unpaired) electrons. The van der Waals surface area contributed by atoms with Crippen molar-refractivity contribution < 1.29 is 19.4 Å². The second kappa shape index (κ2) is 15.9. The highest BCUT2D eigenvalue weighted by atomic mass is 16.7. The average Bonchev–Trinajstić information content (AvgIpc) is 3.15. The highest BCUT2D eigenvalue weighted by molar-refractivity contribution is 5.93. The first-order valence-electron chi connectivity index (χ1n) is 16.4. The van der Waals surface area contributed by atoms with Gasteiger partial charge < -0.3 is 24.8 Å². The van der Waals surface area contributed by atoms with Gasteiger partial charge in [0.05, 0.1) is 24.4 Å². The van der Waals surface area contributed by atoms with Crippen LogP contribution in [-0.4, -0.2) is 52.1 Å². The molecule has 0 bridgehead atoms. The SMILES string of the molecule is C[C@H]1[C@@H](CN(C)CCc2ccccn2)O[C@@H](c2ccc(-c3ccccc3CNC(=O)c3cccnc3)cc2)O[C@H]1c1ccc(CO)cc1. The lowest BCUT2D eigenvalue weighted by molar-refractivity contribution is -0.275. The highest BCUT2D eigenvalue weighted by Gasteiger charge is 2.38. The number of hydrogen-bond donors (Lipinski definition) is 2. The predicted octanol–water partition coefficient (Wildman–Crippen LogP) is 6.53. The minimum absolute atomic E-state index is 0.00311. The van der Waals surface area contributed by atoms with Crippen molar-refractivity contribution in [2.45, 2.75) is 45.0 Å². The van der Waals surface area contributed by atoms with Crippen LogP contribution in [0.4, 0.5) is 0 Å². The van der Waals surface area contributed by atoms with Crippen molar-refractivity contribution in [2.24, 2.45) is 5.92 Å². The van der Waals surface area contributed by atoms with Gasteiger partial charge >= 0.3 is 0 Å². The third kappa shape index (κ3) is 8.21. The van der Waals surface area contributed by atoms with Gasteiger partial charge in [-0.05, 0) is 59.1 Å². The van der Waals surface area contributed by atoms with Gasteiger partial charge in [0.1, 0.15) is 0 Å². The van der Waals surface area contributed by atoms with Gasteiger partial charge in [-0.1, -0.05) is 85.8 Å². The van der Waals surface area contributed by atoms with E-state index in [0.29, 0.717) is 12.1 Å². The van der Waals surface area contributed by atoms with Crippen molar-refractivity contribution in [2.75, 3.05) is 20.1 Å². The standard InChI is InChI=1S/C40H42N4O4/c1-28-37(26-44(2)23-20-35-10-5-6-22-42-35)47-40(48-38(28)31-14-12-29(27-45)13-15-31)32-18-16-30(17-19-32)36-11-4-3-8-33(36)25-43-39(46)34-9-7-21-41-24-34/h3-19,21-22,24,28,37-38,40,45H,20,23,25-27H2,1-2H3,(H,43,46)/t28-,37+,38+,40+/m0/s1. The Kier molecular flexibility index (Phi) is 11.0. The van der Waals surface area contributed by atoms with Crippen molar-refractivity contribution >= 4 is 5.91 Å². The molecule has 48 heavy (non-hydrogen) atoms. The van der Waals surface area contributed by atoms with Crippen molar-refractivity contribution in [1.29, 1.82) is 0 Å². The maximum atomic E-state index is 12.7. The van der Waals surface area contributed by atoms with Crippen LogP contribution >= 0.6 is 0 Å². The van der Waals surface area contributed by atoms with E-state index in [1.54, 1.807) is 24.5 Å². The summed E-state index contributed by atoms with van der Waals surface area (Å²) >= 11 is 0. The molecule has 4 atom stereocenters. The number of aliphatic hydroxyl groups excluding tert-OH is 1. The third-order valence-corrected chi connectivity index (χ3v) is 8.97. The summed E-state index contributed by atoms with van der Waals surface area (Å²) in [6.45, 7) is 4.19. The number of ether oxygens (including phenoxy) is 2. The molecule has 0 unspecified atom stereocenters. The summed E-state index contributed by atoms with van der Waals surface area (Å²) < 4.78 is 13.4. The summed E-state index contributed by atoms with van der Waals surface area (Å²) in [6, 6.07) is 33.9. The van der Waals surface area contributed by atoms with Gasteiger partial charge in [-0.25, -0.2) is 0 Å². The second-order valence-electron chi connectivity index (χ2n) is 12.4. The number of nitrogens with zero attached hydrogens (tertiary/aromatic N) is 3. The molecule has 1 amide bonds. The quantitative estimate of drug-likeness (QED) is 0.160. The Morgan fingerprint density at radius 3 is 2.38 bits per heavy atom. The molecule has 0 saturated carbocycles. The van der Waals surface area contributed by atoms with Crippen LogP contribution in [0.25, 0.3) is 11.1 Å². The fraction of sp³-hybridized carbons (Fsp3) is 0.275. The Labute approximate surface area is 282 Å². The smallest absolute Gasteiger partial charge is 0.253 e. The summed E-state index contributed by atoms with van der Waals surface area (Å²) in [7, 11) is 2.12. The molecule has 1 saturated heterocycles. The zero-order chi connectivity index (χ0) is 33.3. The topological polar surface area (TPSA) is 96.8 Å². The summed E-state index contributed by atoms with van der Waals surface area (Å²) in [5, 5.41) is 12.6. The number of carbonyl (C=O) groups is 1. The molecule has 3 heterocycles. The zero-order valence-electron chi connectivity index (χ0n) is 27.4. The predicted molar refractivity (Wildman–Crippen MR) is 186 cm³/mol. The number of carbonyl (C=O) groups excluding carboxylic acids is 1. The molecule has 2 aromatic heterocycles. The summed E-state index contributed by atoms with van der Waals surface area (Å²) in [4.78, 5) is 23.5. The Balaban J connectivity index is 1.19. The lowest BCUT2D eigenvalue weighted by Crippen LogP contribution is -2.43. The van der Waals surface area contributed by atoms with Crippen LogP contribution < -0.4 is 5.32 Å². The Morgan fingerprint density at radius 1 is 0.875 bits per heavy atom. The van der Waals surface area contributed by atoms with Crippen LogP contribution in [0.15, 0.2) is 122 Å². The Bertz CT molecular complexity index is 1750. The Morgan fingerprint density at radius 2 is 1.65 bits per heavy atom. The van der Waals surface area contributed by atoms with Crippen molar-refractivity contribution in [1.82, 2.24) is 20.2 Å². The first kappa shape index (κ1) is 33.2. The number of likely N-dealkylation sites (N-methyl/N-ethyl adjacent to an activating group) is 1. The number of pyridine rings is 2. The van der Waals surface area contributed by atoms with Gasteiger partial charge in [0.25, 0.3) is 5.91 Å². The van der Waals surface area contributed by atoms with Crippen LogP contribution in [-0.2, 0) is 29.0 Å². The molecule has 5 aromatic rings. The molecule has 1 fully saturated rings. The fourth-order valence-corrected chi connectivity index (χ4v) is 6.13. The van der Waals surface area contributed by atoms with Gasteiger partial charge in [-0.3, -0.25) is 14.8 Å². The molecule has 0 spiro atoms. The van der Waals surface area contributed by atoms with Gasteiger partial charge in [-0.15, -0.1) is 0 Å². The third-order valence-electron chi connectivity index (χ3n) is 8.97. The summed E-state index contributed by atoms with van der Waals surface area (Å²) in [5.74, 6) is -0.0712. The van der Waals surface area contributed by atoms with E-state index in [1.807, 2.05) is 60.8 Å². The fourth-order valence-electron chi connectivity index (χ4n) is 6.13. The Hall–Kier alpha value is -4.73. The average molecular weight is 643 g/mol. The molecule has 2 N–H and O–H groups in total. The number of nitrogens with one attached hydrogen (secondary N) is 1. The van der Waals surface area contributed by atoms with Crippen LogP contribution in [0.2, 0.25) is 0 Å². The van der Waals surface area contributed by atoms with E-state index in [4.69, 9.17) is 9.47 Å². The van der Waals surface area contributed by atoms with Crippen molar-refractivity contribution in [3.63, 3.8) is 0 Å².